The van der Waals surface area contributed by atoms with Gasteiger partial charge in [0.05, 0.1) is 22.1 Å². The molecule has 0 unspecified atom stereocenters. The average Bonchev–Trinajstić information content (AvgIpc) is 3.43. The van der Waals surface area contributed by atoms with Crippen LogP contribution in [0.2, 0.25) is 0 Å². The fourth-order valence-corrected chi connectivity index (χ4v) is 6.40. The van der Waals surface area contributed by atoms with Gasteiger partial charge in [0.15, 0.2) is 0 Å². The number of hydrogen-bond acceptors (Lipinski definition) is 3. The molecule has 7 aromatic rings. The fourth-order valence-electron chi connectivity index (χ4n) is 6.40. The van der Waals surface area contributed by atoms with E-state index in [2.05, 4.69) is 132 Å². The topological polar surface area (TPSA) is 50.9 Å². The largest absolute Gasteiger partial charge is 0.507 e. The molecule has 47 heavy (non-hydrogen) atoms. The van der Waals surface area contributed by atoms with Gasteiger partial charge in [-0.15, -0.1) is 0 Å². The van der Waals surface area contributed by atoms with Gasteiger partial charge in [-0.25, -0.2) is 4.98 Å². The summed E-state index contributed by atoms with van der Waals surface area (Å²) < 4.78 is 2.16. The van der Waals surface area contributed by atoms with E-state index in [1.54, 1.807) is 6.07 Å². The summed E-state index contributed by atoms with van der Waals surface area (Å²) in [4.78, 5) is 10.2. The van der Waals surface area contributed by atoms with Crippen molar-refractivity contribution in [1.29, 1.82) is 0 Å². The Kier molecular flexibility index (Phi) is 7.28. The minimum atomic E-state index is -0.0837. The Balaban J connectivity index is 1.47. The lowest BCUT2D eigenvalue weighted by molar-refractivity contribution is 0.475. The lowest BCUT2D eigenvalue weighted by Crippen LogP contribution is -2.11. The zero-order valence-electron chi connectivity index (χ0n) is 28.3. The Bertz CT molecular complexity index is 2280. The Morgan fingerprint density at radius 2 is 1.28 bits per heavy atom. The number of aryl methyl sites for hydroxylation is 1. The van der Waals surface area contributed by atoms with Crippen molar-refractivity contribution in [3.63, 3.8) is 0 Å². The maximum absolute atomic E-state index is 11.2. The van der Waals surface area contributed by atoms with Crippen molar-refractivity contribution < 1.29 is 5.11 Å². The molecule has 0 aliphatic carbocycles. The van der Waals surface area contributed by atoms with Crippen LogP contribution in [-0.4, -0.2) is 19.6 Å². The predicted octanol–water partition coefficient (Wildman–Crippen LogP) is 11.2. The summed E-state index contributed by atoms with van der Waals surface area (Å²) in [6, 6.07) is 38.0. The van der Waals surface area contributed by atoms with E-state index >= 15 is 0 Å². The van der Waals surface area contributed by atoms with Crippen LogP contribution in [0.1, 0.15) is 58.2 Å². The van der Waals surface area contributed by atoms with Gasteiger partial charge >= 0.3 is 0 Å². The summed E-state index contributed by atoms with van der Waals surface area (Å²) in [6.07, 6.45) is 1.95. The van der Waals surface area contributed by atoms with Crippen LogP contribution in [0, 0.1) is 6.92 Å². The highest BCUT2D eigenvalue weighted by Crippen LogP contribution is 2.41. The third kappa shape index (κ3) is 5.59. The van der Waals surface area contributed by atoms with E-state index in [0.717, 1.165) is 61.0 Å². The Hall–Kier alpha value is -5.22. The lowest BCUT2D eigenvalue weighted by Gasteiger charge is -2.21. The first-order valence-corrected chi connectivity index (χ1v) is 16.3. The van der Waals surface area contributed by atoms with E-state index < -0.39 is 0 Å². The van der Waals surface area contributed by atoms with E-state index in [-0.39, 0.29) is 16.6 Å². The summed E-state index contributed by atoms with van der Waals surface area (Å²) in [6.45, 7) is 15.4. The van der Waals surface area contributed by atoms with Crippen molar-refractivity contribution in [2.24, 2.45) is 0 Å². The molecule has 0 bridgehead atoms. The van der Waals surface area contributed by atoms with Gasteiger partial charge in [0.1, 0.15) is 11.6 Å². The van der Waals surface area contributed by atoms with E-state index in [1.165, 1.54) is 5.56 Å². The smallest absolute Gasteiger partial charge is 0.149 e. The van der Waals surface area contributed by atoms with E-state index in [1.807, 2.05) is 30.5 Å². The third-order valence-corrected chi connectivity index (χ3v) is 9.07. The SMILES string of the molecule is Cc1cnc2c(-c3cccc(-c4cccc5c4nc(-c4cc(C(C)(C)C)ccc4O)n5-c4ccccc4)c3)cc(C(C)(C)C)cc2c1. The first kappa shape index (κ1) is 30.4. The van der Waals surface area contributed by atoms with Gasteiger partial charge in [-0.2, -0.15) is 0 Å². The van der Waals surface area contributed by atoms with Gasteiger partial charge in [-0.1, -0.05) is 96.1 Å². The second-order valence-corrected chi connectivity index (χ2v) is 14.7. The standard InChI is InChI=1S/C43H41N3O/c1-27-21-30-23-32(43(5,6)7)25-35(39(30)44-26-27)29-14-11-13-28(22-29)34-17-12-18-37-40(34)45-41(46(37)33-15-9-8-10-16-33)36-24-31(42(2,3)4)19-20-38(36)47/h8-26,47H,1-7H3. The highest BCUT2D eigenvalue weighted by atomic mass is 16.3. The van der Waals surface area contributed by atoms with Gasteiger partial charge in [0, 0.05) is 28.4 Å². The lowest BCUT2D eigenvalue weighted by atomic mass is 9.83. The maximum Gasteiger partial charge on any atom is 0.149 e. The minimum Gasteiger partial charge on any atom is -0.507 e. The fraction of sp³-hybridized carbons (Fsp3) is 0.209. The summed E-state index contributed by atoms with van der Waals surface area (Å²) >= 11 is 0. The van der Waals surface area contributed by atoms with Gasteiger partial charge < -0.3 is 5.11 Å². The molecule has 7 rings (SSSR count). The Morgan fingerprint density at radius 1 is 0.596 bits per heavy atom. The summed E-state index contributed by atoms with van der Waals surface area (Å²) in [7, 11) is 0. The summed E-state index contributed by atoms with van der Waals surface area (Å²) in [5.74, 6) is 0.921. The molecule has 0 radical (unpaired) electrons. The Morgan fingerprint density at radius 3 is 2.00 bits per heavy atom. The van der Waals surface area contributed by atoms with Crippen molar-refractivity contribution in [2.45, 2.75) is 59.3 Å². The number of para-hydroxylation sites is 2. The maximum atomic E-state index is 11.2. The number of aromatic hydroxyl groups is 1. The number of rotatable bonds is 4. The van der Waals surface area contributed by atoms with Crippen LogP contribution in [-0.2, 0) is 10.8 Å². The molecule has 2 aromatic heterocycles. The van der Waals surface area contributed by atoms with Crippen LogP contribution in [0.5, 0.6) is 5.75 Å². The zero-order chi connectivity index (χ0) is 33.1. The first-order valence-electron chi connectivity index (χ1n) is 16.3. The number of benzene rings is 5. The van der Waals surface area contributed by atoms with E-state index in [0.29, 0.717) is 11.4 Å². The van der Waals surface area contributed by atoms with E-state index in [4.69, 9.17) is 9.97 Å². The number of imidazole rings is 1. The molecule has 0 aliphatic heterocycles. The number of hydrogen-bond donors (Lipinski definition) is 1. The number of aromatic nitrogens is 3. The van der Waals surface area contributed by atoms with Gasteiger partial charge in [0.2, 0.25) is 0 Å². The summed E-state index contributed by atoms with van der Waals surface area (Å²) in [5, 5.41) is 12.4. The number of phenols is 1. The molecule has 0 atom stereocenters. The molecule has 0 fully saturated rings. The molecular formula is C43H41N3O. The zero-order valence-corrected chi connectivity index (χ0v) is 28.3. The van der Waals surface area contributed by atoms with Crippen LogP contribution in [0.25, 0.3) is 61.3 Å². The molecule has 4 heteroatoms. The molecule has 2 heterocycles. The van der Waals surface area contributed by atoms with Crippen LogP contribution in [0.3, 0.4) is 0 Å². The average molecular weight is 616 g/mol. The van der Waals surface area contributed by atoms with Gasteiger partial charge in [-0.05, 0) is 100 Å². The Labute approximate surface area is 277 Å². The van der Waals surface area contributed by atoms with Gasteiger partial charge in [-0.3, -0.25) is 9.55 Å². The van der Waals surface area contributed by atoms with Crippen molar-refractivity contribution >= 4 is 21.9 Å². The normalized spacial score (nSPS) is 12.2. The quantitative estimate of drug-likeness (QED) is 0.214. The molecule has 234 valence electrons. The molecular weight excluding hydrogens is 574 g/mol. The summed E-state index contributed by atoms with van der Waals surface area (Å²) in [5.41, 5.74) is 12.4. The number of nitrogens with zero attached hydrogens (tertiary/aromatic N) is 3. The van der Waals surface area contributed by atoms with Crippen LogP contribution < -0.4 is 0 Å². The number of phenolic OH excluding ortho intramolecular Hbond substituents is 1. The molecule has 0 saturated carbocycles. The first-order chi connectivity index (χ1) is 22.4. The highest BCUT2D eigenvalue weighted by molar-refractivity contribution is 5.99. The predicted molar refractivity (Wildman–Crippen MR) is 196 cm³/mol. The molecule has 1 N–H and O–H groups in total. The molecule has 0 aliphatic rings. The molecule has 4 nitrogen and oxygen atoms in total. The molecule has 0 amide bonds. The number of fused-ring (bicyclic) bond motifs is 2. The molecule has 0 spiro atoms. The van der Waals surface area contributed by atoms with Crippen LogP contribution in [0.4, 0.5) is 0 Å². The number of pyridine rings is 1. The van der Waals surface area contributed by atoms with Crippen LogP contribution >= 0.6 is 0 Å². The molecule has 5 aromatic carbocycles. The van der Waals surface area contributed by atoms with Crippen molar-refractivity contribution in [3.05, 3.63) is 132 Å². The van der Waals surface area contributed by atoms with Crippen molar-refractivity contribution in [1.82, 2.24) is 14.5 Å². The highest BCUT2D eigenvalue weighted by Gasteiger charge is 2.23. The second-order valence-electron chi connectivity index (χ2n) is 14.7. The van der Waals surface area contributed by atoms with Crippen molar-refractivity contribution in [3.8, 4) is 45.1 Å². The third-order valence-electron chi connectivity index (χ3n) is 9.07. The molecule has 0 saturated heterocycles. The minimum absolute atomic E-state index is 0.00752. The van der Waals surface area contributed by atoms with Gasteiger partial charge in [0.25, 0.3) is 0 Å². The monoisotopic (exact) mass is 615 g/mol. The van der Waals surface area contributed by atoms with E-state index in [9.17, 15) is 5.11 Å². The second kappa shape index (κ2) is 11.2. The van der Waals surface area contributed by atoms with Crippen LogP contribution in [0.15, 0.2) is 115 Å². The van der Waals surface area contributed by atoms with Crippen molar-refractivity contribution in [2.75, 3.05) is 0 Å².